The number of hydrogen-bond acceptors (Lipinski definition) is 3. The highest BCUT2D eigenvalue weighted by atomic mass is 32.2. The lowest BCUT2D eigenvalue weighted by Gasteiger charge is -2.19. The van der Waals surface area contributed by atoms with Gasteiger partial charge in [0.15, 0.2) is 0 Å². The van der Waals surface area contributed by atoms with Crippen molar-refractivity contribution in [2.75, 3.05) is 13.1 Å². The molecule has 1 aromatic carbocycles. The van der Waals surface area contributed by atoms with Crippen LogP contribution in [0.2, 0.25) is 0 Å². The van der Waals surface area contributed by atoms with Crippen LogP contribution >= 0.6 is 0 Å². The maximum absolute atomic E-state index is 12.2. The lowest BCUT2D eigenvalue weighted by atomic mass is 10.2. The number of benzene rings is 1. The van der Waals surface area contributed by atoms with E-state index in [1.165, 1.54) is 6.07 Å². The average molecular weight is 257 g/mol. The first kappa shape index (κ1) is 13.7. The topological polar surface area (TPSA) is 74.7 Å². The van der Waals surface area contributed by atoms with E-state index in [-0.39, 0.29) is 11.4 Å². The van der Waals surface area contributed by atoms with Gasteiger partial charge in [-0.2, -0.15) is 4.31 Å². The van der Waals surface area contributed by atoms with Crippen molar-refractivity contribution in [1.29, 1.82) is 0 Å². The van der Waals surface area contributed by atoms with Gasteiger partial charge in [-0.3, -0.25) is 4.79 Å². The summed E-state index contributed by atoms with van der Waals surface area (Å²) in [6.07, 6.45) is 0. The van der Waals surface area contributed by atoms with Crippen LogP contribution in [0.1, 0.15) is 12.5 Å². The molecule has 0 unspecified atom stereocenters. The molecule has 0 aliphatic carbocycles. The van der Waals surface area contributed by atoms with Crippen molar-refractivity contribution in [2.24, 2.45) is 0 Å². The van der Waals surface area contributed by atoms with Gasteiger partial charge in [0.05, 0.1) is 4.90 Å². The van der Waals surface area contributed by atoms with Crippen LogP contribution in [0.15, 0.2) is 29.2 Å². The first-order valence-corrected chi connectivity index (χ1v) is 6.61. The predicted octanol–water partition coefficient (Wildman–Crippen LogP) is 1.09. The molecule has 94 valence electrons. The van der Waals surface area contributed by atoms with E-state index in [2.05, 4.69) is 0 Å². The van der Waals surface area contributed by atoms with Gasteiger partial charge in [0.1, 0.15) is 6.54 Å². The largest absolute Gasteiger partial charge is 0.480 e. The Kier molecular flexibility index (Phi) is 4.25. The van der Waals surface area contributed by atoms with Crippen LogP contribution in [0.3, 0.4) is 0 Å². The Morgan fingerprint density at radius 1 is 1.35 bits per heavy atom. The summed E-state index contributed by atoms with van der Waals surface area (Å²) in [5.41, 5.74) is 0.608. The molecular weight excluding hydrogens is 242 g/mol. The van der Waals surface area contributed by atoms with Crippen LogP contribution in [0.5, 0.6) is 0 Å². The number of carboxylic acid groups (broad SMARTS) is 1. The number of carbonyl (C=O) groups is 1. The first-order chi connectivity index (χ1) is 7.89. The number of aliphatic carboxylic acids is 1. The normalized spacial score (nSPS) is 11.7. The lowest BCUT2D eigenvalue weighted by Crippen LogP contribution is -2.35. The SMILES string of the molecule is CCN(CC(=O)O)S(=O)(=O)c1ccccc1C. The highest BCUT2D eigenvalue weighted by Gasteiger charge is 2.26. The maximum Gasteiger partial charge on any atom is 0.318 e. The molecule has 0 saturated carbocycles. The third-order valence-electron chi connectivity index (χ3n) is 2.38. The van der Waals surface area contributed by atoms with Gasteiger partial charge in [-0.1, -0.05) is 25.1 Å². The zero-order valence-corrected chi connectivity index (χ0v) is 10.6. The molecule has 0 spiro atoms. The summed E-state index contributed by atoms with van der Waals surface area (Å²) in [6, 6.07) is 6.52. The molecule has 0 saturated heterocycles. The molecule has 0 aliphatic rings. The molecule has 0 atom stereocenters. The van der Waals surface area contributed by atoms with E-state index >= 15 is 0 Å². The third kappa shape index (κ3) is 3.04. The highest BCUT2D eigenvalue weighted by molar-refractivity contribution is 7.89. The van der Waals surface area contributed by atoms with Gasteiger partial charge >= 0.3 is 5.97 Å². The summed E-state index contributed by atoms with van der Waals surface area (Å²) < 4.78 is 25.3. The van der Waals surface area contributed by atoms with E-state index < -0.39 is 22.5 Å². The molecule has 0 fully saturated rings. The first-order valence-electron chi connectivity index (χ1n) is 5.17. The minimum atomic E-state index is -3.72. The number of aryl methyl sites for hydroxylation is 1. The van der Waals surface area contributed by atoms with Crippen LogP contribution < -0.4 is 0 Å². The second-order valence-corrected chi connectivity index (χ2v) is 5.50. The van der Waals surface area contributed by atoms with E-state index in [0.717, 1.165) is 4.31 Å². The van der Waals surface area contributed by atoms with Crippen LogP contribution in [0, 0.1) is 6.92 Å². The summed E-state index contributed by atoms with van der Waals surface area (Å²) >= 11 is 0. The van der Waals surface area contributed by atoms with Gasteiger partial charge in [0.2, 0.25) is 10.0 Å². The fraction of sp³-hybridized carbons (Fsp3) is 0.364. The number of nitrogens with zero attached hydrogens (tertiary/aromatic N) is 1. The number of hydrogen-bond donors (Lipinski definition) is 1. The van der Waals surface area contributed by atoms with Gasteiger partial charge in [-0.15, -0.1) is 0 Å². The van der Waals surface area contributed by atoms with Crippen molar-refractivity contribution in [3.8, 4) is 0 Å². The van der Waals surface area contributed by atoms with Crippen LogP contribution in [-0.2, 0) is 14.8 Å². The standard InChI is InChI=1S/C11H15NO4S/c1-3-12(8-11(13)14)17(15,16)10-7-5-4-6-9(10)2/h4-7H,3,8H2,1-2H3,(H,13,14). The Morgan fingerprint density at radius 2 is 1.94 bits per heavy atom. The summed E-state index contributed by atoms with van der Waals surface area (Å²) in [5.74, 6) is -1.16. The van der Waals surface area contributed by atoms with Crippen molar-refractivity contribution in [3.05, 3.63) is 29.8 Å². The van der Waals surface area contributed by atoms with Gasteiger partial charge in [0.25, 0.3) is 0 Å². The monoisotopic (exact) mass is 257 g/mol. The predicted molar refractivity (Wildman–Crippen MR) is 63.2 cm³/mol. The summed E-state index contributed by atoms with van der Waals surface area (Å²) in [4.78, 5) is 10.8. The minimum absolute atomic E-state index is 0.128. The Balaban J connectivity index is 3.18. The van der Waals surface area contributed by atoms with E-state index in [1.54, 1.807) is 32.0 Å². The molecule has 0 amide bonds. The van der Waals surface area contributed by atoms with Crippen LogP contribution in [0.25, 0.3) is 0 Å². The quantitative estimate of drug-likeness (QED) is 0.856. The van der Waals surface area contributed by atoms with E-state index in [4.69, 9.17) is 5.11 Å². The molecule has 1 aromatic rings. The van der Waals surface area contributed by atoms with Crippen molar-refractivity contribution in [1.82, 2.24) is 4.31 Å². The minimum Gasteiger partial charge on any atom is -0.480 e. The van der Waals surface area contributed by atoms with E-state index in [9.17, 15) is 13.2 Å². The second-order valence-electron chi connectivity index (χ2n) is 3.59. The van der Waals surface area contributed by atoms with Crippen LogP contribution in [-0.4, -0.2) is 36.9 Å². The number of carboxylic acids is 1. The van der Waals surface area contributed by atoms with Gasteiger partial charge in [-0.25, -0.2) is 8.42 Å². The smallest absolute Gasteiger partial charge is 0.318 e. The molecule has 0 bridgehead atoms. The Morgan fingerprint density at radius 3 is 2.41 bits per heavy atom. The van der Waals surface area contributed by atoms with Crippen molar-refractivity contribution in [2.45, 2.75) is 18.7 Å². The number of rotatable bonds is 5. The van der Waals surface area contributed by atoms with Crippen molar-refractivity contribution >= 4 is 16.0 Å². The Bertz CT molecular complexity index is 510. The molecule has 1 rings (SSSR count). The zero-order chi connectivity index (χ0) is 13.1. The van der Waals surface area contributed by atoms with E-state index in [0.29, 0.717) is 5.56 Å². The fourth-order valence-corrected chi connectivity index (χ4v) is 3.13. The summed E-state index contributed by atoms with van der Waals surface area (Å²) in [7, 11) is -3.72. The Labute approximate surface area is 101 Å². The molecule has 0 aliphatic heterocycles. The second kappa shape index (κ2) is 5.29. The average Bonchev–Trinajstić information content (AvgIpc) is 2.25. The summed E-state index contributed by atoms with van der Waals surface area (Å²) in [6.45, 7) is 2.90. The molecule has 6 heteroatoms. The molecule has 0 aromatic heterocycles. The Hall–Kier alpha value is -1.40. The number of likely N-dealkylation sites (N-methyl/N-ethyl adjacent to an activating group) is 1. The molecule has 0 radical (unpaired) electrons. The van der Waals surface area contributed by atoms with Gasteiger partial charge in [-0.05, 0) is 18.6 Å². The van der Waals surface area contributed by atoms with Crippen molar-refractivity contribution in [3.63, 3.8) is 0 Å². The molecule has 17 heavy (non-hydrogen) atoms. The third-order valence-corrected chi connectivity index (χ3v) is 4.46. The zero-order valence-electron chi connectivity index (χ0n) is 9.75. The molecular formula is C11H15NO4S. The molecule has 5 nitrogen and oxygen atoms in total. The van der Waals surface area contributed by atoms with Crippen LogP contribution in [0.4, 0.5) is 0 Å². The lowest BCUT2D eigenvalue weighted by molar-refractivity contribution is -0.137. The fourth-order valence-electron chi connectivity index (χ4n) is 1.50. The number of sulfonamides is 1. The van der Waals surface area contributed by atoms with E-state index in [1.807, 2.05) is 0 Å². The molecule has 0 heterocycles. The maximum atomic E-state index is 12.2. The molecule has 1 N–H and O–H groups in total. The van der Waals surface area contributed by atoms with Gasteiger partial charge < -0.3 is 5.11 Å². The summed E-state index contributed by atoms with van der Waals surface area (Å²) in [5, 5.41) is 8.69. The van der Waals surface area contributed by atoms with Gasteiger partial charge in [0, 0.05) is 6.54 Å². The van der Waals surface area contributed by atoms with Crippen molar-refractivity contribution < 1.29 is 18.3 Å². The highest BCUT2D eigenvalue weighted by Crippen LogP contribution is 2.18.